The average molecular weight is 437 g/mol. The van der Waals surface area contributed by atoms with Crippen molar-refractivity contribution in [2.24, 2.45) is 16.7 Å². The van der Waals surface area contributed by atoms with Gasteiger partial charge in [-0.3, -0.25) is 0 Å². The fourth-order valence-corrected chi connectivity index (χ4v) is 12.9. The Kier molecular flexibility index (Phi) is 5.41. The van der Waals surface area contributed by atoms with Crippen LogP contribution in [0.3, 0.4) is 0 Å². The molecule has 0 unspecified atom stereocenters. The third-order valence-electron chi connectivity index (χ3n) is 7.71. The molecule has 3 aromatic carbocycles. The molecule has 0 heterocycles. The summed E-state index contributed by atoms with van der Waals surface area (Å²) in [4.78, 5) is 0. The molecule has 0 bridgehead atoms. The molecule has 4 rings (SSSR count). The van der Waals surface area contributed by atoms with Gasteiger partial charge in [0.25, 0.3) is 0 Å². The van der Waals surface area contributed by atoms with E-state index in [0.29, 0.717) is 5.92 Å². The molecule has 0 aliphatic heterocycles. The molecule has 0 N–H and O–H groups in total. The van der Waals surface area contributed by atoms with Crippen LogP contribution in [0.4, 0.5) is 0 Å². The van der Waals surface area contributed by atoms with Gasteiger partial charge in [0.05, 0.1) is 0 Å². The zero-order valence-electron chi connectivity index (χ0n) is 18.7. The van der Waals surface area contributed by atoms with Crippen LogP contribution in [0.5, 0.6) is 0 Å². The number of hydrogen-bond acceptors (Lipinski definition) is 0. The fourth-order valence-electron chi connectivity index (χ4n) is 5.87. The normalized spacial score (nSPS) is 19.8. The molecule has 1 fully saturated rings. The van der Waals surface area contributed by atoms with Gasteiger partial charge in [0.2, 0.25) is 0 Å². The Hall–Kier alpha value is -1.62. The molecule has 0 radical (unpaired) electrons. The fraction of sp³-hybridized carbons (Fsp3) is 0.357. The molecule has 1 saturated carbocycles. The van der Waals surface area contributed by atoms with Crippen LogP contribution < -0.4 is 15.9 Å². The molecule has 30 heavy (non-hydrogen) atoms. The second-order valence-corrected chi connectivity index (χ2v) is 16.9. The Morgan fingerprint density at radius 2 is 0.933 bits per heavy atom. The Balaban J connectivity index is 2.07. The minimum absolute atomic E-state index is 0.264. The van der Waals surface area contributed by atoms with Crippen LogP contribution in [0.15, 0.2) is 91.0 Å². The van der Waals surface area contributed by atoms with Crippen molar-refractivity contribution in [2.75, 3.05) is 6.16 Å². The minimum atomic E-state index is -3.22. The molecule has 0 aromatic heterocycles. The zero-order chi connectivity index (χ0) is 21.5. The van der Waals surface area contributed by atoms with E-state index in [0.717, 1.165) is 6.16 Å². The van der Waals surface area contributed by atoms with Gasteiger partial charge in [-0.05, 0) is 0 Å². The van der Waals surface area contributed by atoms with Gasteiger partial charge in [0.15, 0.2) is 0 Å². The Morgan fingerprint density at radius 3 is 1.23 bits per heavy atom. The summed E-state index contributed by atoms with van der Waals surface area (Å²) in [5, 5.41) is 3.84. The van der Waals surface area contributed by atoms with E-state index in [1.807, 2.05) is 0 Å². The summed E-state index contributed by atoms with van der Waals surface area (Å²) >= 11 is 8.34. The van der Waals surface area contributed by atoms with Gasteiger partial charge in [0.1, 0.15) is 0 Å². The summed E-state index contributed by atoms with van der Waals surface area (Å²) in [5.41, 5.74) is 0.528. The van der Waals surface area contributed by atoms with Gasteiger partial charge >= 0.3 is 188 Å². The van der Waals surface area contributed by atoms with E-state index in [9.17, 15) is 0 Å². The maximum atomic E-state index is 8.34. The third kappa shape index (κ3) is 3.34. The van der Waals surface area contributed by atoms with E-state index in [2.05, 4.69) is 119 Å². The maximum absolute atomic E-state index is 8.34. The summed E-state index contributed by atoms with van der Waals surface area (Å²) in [6.07, 6.45) is 3.50. The van der Waals surface area contributed by atoms with E-state index in [4.69, 9.17) is 11.2 Å². The molecule has 3 aromatic rings. The first-order valence-electron chi connectivity index (χ1n) is 11.1. The van der Waals surface area contributed by atoms with Crippen molar-refractivity contribution < 1.29 is 0 Å². The molecule has 158 valence electrons. The molecule has 0 nitrogen and oxygen atoms in total. The summed E-state index contributed by atoms with van der Waals surface area (Å²) in [6, 6.07) is 32.8. The summed E-state index contributed by atoms with van der Waals surface area (Å²) in [6.45, 7) is 9.80. The van der Waals surface area contributed by atoms with Crippen LogP contribution in [-0.2, 0) is 0 Å². The van der Waals surface area contributed by atoms with Crippen molar-refractivity contribution in [1.82, 2.24) is 0 Å². The molecule has 1 aliphatic carbocycles. The van der Waals surface area contributed by atoms with Crippen molar-refractivity contribution in [2.45, 2.75) is 40.5 Å². The van der Waals surface area contributed by atoms with E-state index < -0.39 is 5.96 Å². The Bertz CT molecular complexity index is 877. The summed E-state index contributed by atoms with van der Waals surface area (Å²) in [7, 11) is 0. The first-order chi connectivity index (χ1) is 14.2. The van der Waals surface area contributed by atoms with Crippen LogP contribution in [0.25, 0.3) is 0 Å². The van der Waals surface area contributed by atoms with Crippen LogP contribution in [0, 0.1) is 16.7 Å². The molecular formula is C28H34ClP. The monoisotopic (exact) mass is 436 g/mol. The van der Waals surface area contributed by atoms with E-state index in [1.165, 1.54) is 28.8 Å². The van der Waals surface area contributed by atoms with E-state index in [-0.39, 0.29) is 10.8 Å². The van der Waals surface area contributed by atoms with Crippen molar-refractivity contribution in [3.63, 3.8) is 0 Å². The summed E-state index contributed by atoms with van der Waals surface area (Å²) < 4.78 is 0. The van der Waals surface area contributed by atoms with E-state index >= 15 is 0 Å². The number of halogens is 1. The van der Waals surface area contributed by atoms with Crippen molar-refractivity contribution in [3.05, 3.63) is 91.0 Å². The number of hydrogen-bond donors (Lipinski definition) is 0. The van der Waals surface area contributed by atoms with Gasteiger partial charge in [-0.25, -0.2) is 0 Å². The Morgan fingerprint density at radius 1 is 0.633 bits per heavy atom. The molecule has 0 amide bonds. The van der Waals surface area contributed by atoms with Crippen LogP contribution in [0.1, 0.15) is 40.5 Å². The first kappa shape index (κ1) is 21.6. The van der Waals surface area contributed by atoms with Gasteiger partial charge in [0, 0.05) is 0 Å². The predicted molar refractivity (Wildman–Crippen MR) is 136 cm³/mol. The number of rotatable bonds is 5. The van der Waals surface area contributed by atoms with Crippen molar-refractivity contribution >= 4 is 33.1 Å². The van der Waals surface area contributed by atoms with Gasteiger partial charge < -0.3 is 0 Å². The third-order valence-corrected chi connectivity index (χ3v) is 15.1. The molecule has 2 heteroatoms. The Labute approximate surface area is 187 Å². The summed E-state index contributed by atoms with van der Waals surface area (Å²) in [5.74, 6) is -2.69. The van der Waals surface area contributed by atoms with E-state index in [1.54, 1.807) is 0 Å². The molecule has 1 aliphatic rings. The second-order valence-electron chi connectivity index (χ2n) is 10.4. The van der Waals surface area contributed by atoms with Gasteiger partial charge in [-0.2, -0.15) is 0 Å². The number of benzene rings is 3. The average Bonchev–Trinajstić information content (AvgIpc) is 2.98. The quantitative estimate of drug-likeness (QED) is 0.373. The zero-order valence-corrected chi connectivity index (χ0v) is 20.3. The van der Waals surface area contributed by atoms with Crippen molar-refractivity contribution in [1.29, 1.82) is 0 Å². The SMILES string of the molecule is CC1(C)CCC(C)(C)C1CP(Cl)(c1ccccc1)(c1ccccc1)c1ccccc1. The molecule has 0 saturated heterocycles. The standard InChI is InChI=1S/C28H34ClP/c1-27(2)20-21-28(3,4)26(27)22-30(29,23-14-8-5-9-15-23,24-16-10-6-11-17-24)25-18-12-7-13-19-25/h5-19,26H,20-22H2,1-4H3. The van der Waals surface area contributed by atoms with Crippen LogP contribution in [-0.4, -0.2) is 6.16 Å². The second kappa shape index (κ2) is 7.51. The van der Waals surface area contributed by atoms with Crippen LogP contribution >= 0.6 is 17.2 Å². The van der Waals surface area contributed by atoms with Gasteiger partial charge in [-0.1, -0.05) is 0 Å². The van der Waals surface area contributed by atoms with Gasteiger partial charge in [-0.15, -0.1) is 0 Å². The first-order valence-corrected chi connectivity index (χ1v) is 14.4. The predicted octanol–water partition coefficient (Wildman–Crippen LogP) is 7.13. The van der Waals surface area contributed by atoms with Crippen molar-refractivity contribution in [3.8, 4) is 0 Å². The molecule has 0 spiro atoms. The topological polar surface area (TPSA) is 0 Å². The molecular weight excluding hydrogens is 403 g/mol. The van der Waals surface area contributed by atoms with Crippen LogP contribution in [0.2, 0.25) is 0 Å². The molecule has 0 atom stereocenters.